The van der Waals surface area contributed by atoms with Gasteiger partial charge in [0.15, 0.2) is 0 Å². The third-order valence-corrected chi connectivity index (χ3v) is 2.18. The van der Waals surface area contributed by atoms with Crippen LogP contribution in [0.15, 0.2) is 12.3 Å². The highest BCUT2D eigenvalue weighted by Crippen LogP contribution is 2.30. The van der Waals surface area contributed by atoms with Crippen LogP contribution in [0.3, 0.4) is 0 Å². The molecule has 0 aromatic carbocycles. The molecule has 0 fully saturated rings. The van der Waals surface area contributed by atoms with Gasteiger partial charge in [-0.05, 0) is 26.8 Å². The fourth-order valence-corrected chi connectivity index (χ4v) is 1.41. The lowest BCUT2D eigenvalue weighted by Gasteiger charge is -2.21. The molecule has 0 unspecified atom stereocenters. The highest BCUT2D eigenvalue weighted by atomic mass is 19.4. The molecule has 1 heterocycles. The molecule has 0 spiro atoms. The second-order valence-corrected chi connectivity index (χ2v) is 5.31. The summed E-state index contributed by atoms with van der Waals surface area (Å²) in [6.07, 6.45) is -3.65. The van der Waals surface area contributed by atoms with Crippen molar-refractivity contribution < 1.29 is 18.0 Å². The topological polar surface area (TPSA) is 80.0 Å². The fraction of sp³-hybridized carbons (Fsp3) is 0.500. The largest absolute Gasteiger partial charge is 0.433 e. The summed E-state index contributed by atoms with van der Waals surface area (Å²) in [7, 11) is 0. The number of halogens is 3. The van der Waals surface area contributed by atoms with Crippen molar-refractivity contribution in [3.05, 3.63) is 18.0 Å². The van der Waals surface area contributed by atoms with Gasteiger partial charge >= 0.3 is 6.18 Å². The maximum Gasteiger partial charge on any atom is 0.433 e. The SMILES string of the molecule is CC(C)(C)NC(=O)CNc1cc(C(F)(F)F)ncc1N. The first-order valence-electron chi connectivity index (χ1n) is 5.86. The van der Waals surface area contributed by atoms with Gasteiger partial charge in [-0.15, -0.1) is 0 Å². The van der Waals surface area contributed by atoms with Crippen molar-refractivity contribution in [3.63, 3.8) is 0 Å². The number of nitrogens with one attached hydrogen (secondary N) is 2. The van der Waals surface area contributed by atoms with Crippen LogP contribution in [0.2, 0.25) is 0 Å². The van der Waals surface area contributed by atoms with Gasteiger partial charge in [0, 0.05) is 5.54 Å². The van der Waals surface area contributed by atoms with Gasteiger partial charge in [-0.2, -0.15) is 13.2 Å². The molecule has 0 saturated carbocycles. The second kappa shape index (κ2) is 5.56. The average molecular weight is 290 g/mol. The van der Waals surface area contributed by atoms with E-state index in [2.05, 4.69) is 15.6 Å². The van der Waals surface area contributed by atoms with Crippen LogP contribution >= 0.6 is 0 Å². The molecule has 0 radical (unpaired) electrons. The lowest BCUT2D eigenvalue weighted by molar-refractivity contribution is -0.141. The second-order valence-electron chi connectivity index (χ2n) is 5.31. The molecule has 0 aliphatic heterocycles. The van der Waals surface area contributed by atoms with E-state index in [-0.39, 0.29) is 23.8 Å². The standard InChI is InChI=1S/C12H17F3N4O/c1-11(2,3)19-10(20)6-17-8-4-9(12(13,14)15)18-5-7(8)16/h4-5H,6,16H2,1-3H3,(H,17,18)(H,19,20). The van der Waals surface area contributed by atoms with E-state index in [9.17, 15) is 18.0 Å². The van der Waals surface area contributed by atoms with Crippen LogP contribution in [0.4, 0.5) is 24.5 Å². The summed E-state index contributed by atoms with van der Waals surface area (Å²) in [5.74, 6) is -0.345. The number of amides is 1. The number of aromatic nitrogens is 1. The minimum atomic E-state index is -4.56. The lowest BCUT2D eigenvalue weighted by atomic mass is 10.1. The van der Waals surface area contributed by atoms with Crippen LogP contribution in [-0.4, -0.2) is 23.0 Å². The van der Waals surface area contributed by atoms with E-state index in [0.29, 0.717) is 0 Å². The van der Waals surface area contributed by atoms with Gasteiger partial charge < -0.3 is 16.4 Å². The number of rotatable bonds is 3. The maximum atomic E-state index is 12.5. The molecule has 8 heteroatoms. The van der Waals surface area contributed by atoms with Crippen LogP contribution in [0.1, 0.15) is 26.5 Å². The average Bonchev–Trinajstić information content (AvgIpc) is 2.24. The quantitative estimate of drug-likeness (QED) is 0.795. The number of nitrogen functional groups attached to an aromatic ring is 1. The molecule has 0 aliphatic rings. The zero-order valence-electron chi connectivity index (χ0n) is 11.4. The summed E-state index contributed by atoms with van der Waals surface area (Å²) in [4.78, 5) is 14.8. The summed E-state index contributed by atoms with van der Waals surface area (Å²) in [5.41, 5.74) is 4.11. The minimum absolute atomic E-state index is 0.0244. The number of hydrogen-bond donors (Lipinski definition) is 3. The van der Waals surface area contributed by atoms with Gasteiger partial charge in [0.1, 0.15) is 5.69 Å². The monoisotopic (exact) mass is 290 g/mol. The molecule has 4 N–H and O–H groups in total. The predicted molar refractivity (Wildman–Crippen MR) is 70.0 cm³/mol. The lowest BCUT2D eigenvalue weighted by Crippen LogP contribution is -2.43. The van der Waals surface area contributed by atoms with Gasteiger partial charge in [-0.25, -0.2) is 4.98 Å². The minimum Gasteiger partial charge on any atom is -0.396 e. The first kappa shape index (κ1) is 16.1. The zero-order chi connectivity index (χ0) is 15.6. The summed E-state index contributed by atoms with van der Waals surface area (Å²) in [6.45, 7) is 5.22. The van der Waals surface area contributed by atoms with Crippen molar-refractivity contribution in [1.29, 1.82) is 0 Å². The fourth-order valence-electron chi connectivity index (χ4n) is 1.41. The number of nitrogens with two attached hydrogens (primary N) is 1. The van der Waals surface area contributed by atoms with Crippen LogP contribution in [-0.2, 0) is 11.0 Å². The van der Waals surface area contributed by atoms with Gasteiger partial charge in [0.25, 0.3) is 0 Å². The molecule has 112 valence electrons. The van der Waals surface area contributed by atoms with Crippen LogP contribution < -0.4 is 16.4 Å². The van der Waals surface area contributed by atoms with Crippen molar-refractivity contribution in [1.82, 2.24) is 10.3 Å². The Morgan fingerprint density at radius 3 is 2.45 bits per heavy atom. The smallest absolute Gasteiger partial charge is 0.396 e. The normalized spacial score (nSPS) is 12.1. The van der Waals surface area contributed by atoms with Crippen molar-refractivity contribution in [2.24, 2.45) is 0 Å². The van der Waals surface area contributed by atoms with Gasteiger partial charge in [-0.1, -0.05) is 0 Å². The van der Waals surface area contributed by atoms with Crippen LogP contribution in [0.25, 0.3) is 0 Å². The third kappa shape index (κ3) is 4.94. The Hall–Kier alpha value is -1.99. The molecule has 1 aromatic heterocycles. The summed E-state index contributed by atoms with van der Waals surface area (Å²) in [5, 5.41) is 5.24. The van der Waals surface area contributed by atoms with E-state index in [0.717, 1.165) is 12.3 Å². The number of carbonyl (C=O) groups excluding carboxylic acids is 1. The van der Waals surface area contributed by atoms with Crippen molar-refractivity contribution in [3.8, 4) is 0 Å². The number of carbonyl (C=O) groups is 1. The third-order valence-electron chi connectivity index (χ3n) is 2.18. The van der Waals surface area contributed by atoms with Gasteiger partial charge in [0.05, 0.1) is 24.1 Å². The summed E-state index contributed by atoms with van der Waals surface area (Å²) >= 11 is 0. The Kier molecular flexibility index (Phi) is 4.46. The van der Waals surface area contributed by atoms with Gasteiger partial charge in [-0.3, -0.25) is 4.79 Å². The molecule has 0 saturated heterocycles. The Balaban J connectivity index is 2.75. The van der Waals surface area contributed by atoms with Gasteiger partial charge in [0.2, 0.25) is 5.91 Å². The Morgan fingerprint density at radius 1 is 1.35 bits per heavy atom. The van der Waals surface area contributed by atoms with Crippen LogP contribution in [0, 0.1) is 0 Å². The van der Waals surface area contributed by atoms with E-state index in [1.54, 1.807) is 20.8 Å². The Morgan fingerprint density at radius 2 is 1.95 bits per heavy atom. The zero-order valence-corrected chi connectivity index (χ0v) is 11.4. The van der Waals surface area contributed by atoms with Crippen LogP contribution in [0.5, 0.6) is 0 Å². The highest BCUT2D eigenvalue weighted by Gasteiger charge is 2.33. The molecule has 1 rings (SSSR count). The number of alkyl halides is 3. The molecule has 1 aromatic rings. The number of pyridine rings is 1. The molecule has 20 heavy (non-hydrogen) atoms. The first-order chi connectivity index (χ1) is 8.99. The molecule has 0 atom stereocenters. The summed E-state index contributed by atoms with van der Waals surface area (Å²) < 4.78 is 37.5. The maximum absolute atomic E-state index is 12.5. The number of hydrogen-bond acceptors (Lipinski definition) is 4. The van der Waals surface area contributed by atoms with Crippen molar-refractivity contribution in [2.45, 2.75) is 32.5 Å². The first-order valence-corrected chi connectivity index (χ1v) is 5.86. The number of anilines is 2. The molecule has 1 amide bonds. The summed E-state index contributed by atoms with van der Waals surface area (Å²) in [6, 6.07) is 0.777. The van der Waals surface area contributed by atoms with E-state index in [1.165, 1.54) is 0 Å². The van der Waals surface area contributed by atoms with E-state index in [1.807, 2.05) is 0 Å². The van der Waals surface area contributed by atoms with E-state index in [4.69, 9.17) is 5.73 Å². The van der Waals surface area contributed by atoms with E-state index >= 15 is 0 Å². The molecular weight excluding hydrogens is 273 g/mol. The molecule has 5 nitrogen and oxygen atoms in total. The molecule has 0 aliphatic carbocycles. The molecular formula is C12H17F3N4O. The molecule has 0 bridgehead atoms. The Labute approximate surface area is 114 Å². The van der Waals surface area contributed by atoms with Crippen molar-refractivity contribution >= 4 is 17.3 Å². The number of nitrogens with zero attached hydrogens (tertiary/aromatic N) is 1. The van der Waals surface area contributed by atoms with E-state index < -0.39 is 17.4 Å². The Bertz CT molecular complexity index is 494. The highest BCUT2D eigenvalue weighted by molar-refractivity contribution is 5.82. The predicted octanol–water partition coefficient (Wildman–Crippen LogP) is 2.01. The van der Waals surface area contributed by atoms with Crippen molar-refractivity contribution in [2.75, 3.05) is 17.6 Å².